The minimum Gasteiger partial charge on any atom is -0.351 e. The zero-order valence-electron chi connectivity index (χ0n) is 24.3. The molecule has 0 radical (unpaired) electrons. The lowest BCUT2D eigenvalue weighted by Gasteiger charge is -2.10. The van der Waals surface area contributed by atoms with Gasteiger partial charge < -0.3 is 5.32 Å². The Bertz CT molecular complexity index is 562. The van der Waals surface area contributed by atoms with Crippen LogP contribution in [0.15, 0.2) is 0 Å². The van der Waals surface area contributed by atoms with Gasteiger partial charge in [-0.25, -0.2) is 0 Å². The van der Waals surface area contributed by atoms with Crippen molar-refractivity contribution < 1.29 is 23.3 Å². The van der Waals surface area contributed by atoms with Crippen LogP contribution in [-0.4, -0.2) is 24.5 Å². The van der Waals surface area contributed by atoms with Crippen LogP contribution in [0, 0.1) is 0 Å². The van der Waals surface area contributed by atoms with Crippen LogP contribution < -0.4 is 10.8 Å². The van der Waals surface area contributed by atoms with E-state index in [-0.39, 0.29) is 24.5 Å². The molecule has 0 bridgehead atoms. The van der Waals surface area contributed by atoms with E-state index in [0.717, 1.165) is 32.1 Å². The molecular weight excluding hydrogens is 487 g/mol. The number of nitrogens with one attached hydrogen (secondary N) is 2. The van der Waals surface area contributed by atoms with Crippen molar-refractivity contribution >= 4 is 20.1 Å². The Morgan fingerprint density at radius 1 is 0.622 bits per heavy atom. The predicted octanol–water partition coefficient (Wildman–Crippen LogP) is 8.83. The van der Waals surface area contributed by atoms with E-state index in [1.54, 1.807) is 6.92 Å². The Labute approximate surface area is 228 Å². The number of hydrogen-bond acceptors (Lipinski definition) is 5. The molecule has 0 rings (SSSR count). The van der Waals surface area contributed by atoms with Crippen LogP contribution in [0.5, 0.6) is 0 Å². The van der Waals surface area contributed by atoms with Gasteiger partial charge in [-0.05, 0) is 19.8 Å². The van der Waals surface area contributed by atoms with Gasteiger partial charge in [0.25, 0.3) is 0 Å². The lowest BCUT2D eigenvalue weighted by atomic mass is 10.1. The summed E-state index contributed by atoms with van der Waals surface area (Å²) >= 11 is 0. The second-order valence-electron chi connectivity index (χ2n) is 10.5. The Kier molecular flexibility index (Phi) is 27.2. The fourth-order valence-electron chi connectivity index (χ4n) is 4.27. The van der Waals surface area contributed by atoms with Crippen molar-refractivity contribution in [2.75, 3.05) is 6.61 Å². The molecule has 0 saturated carbocycles. The normalized spacial score (nSPS) is 12.4. The first-order valence-corrected chi connectivity index (χ1v) is 16.4. The number of unbranched alkanes of at least 4 members (excludes halogenated alkanes) is 18. The van der Waals surface area contributed by atoms with Crippen molar-refractivity contribution in [3.05, 3.63) is 0 Å². The van der Waals surface area contributed by atoms with Gasteiger partial charge in [0.05, 0.1) is 6.04 Å². The highest BCUT2D eigenvalue weighted by atomic mass is 31.1. The number of carbonyl (C=O) groups is 2. The highest BCUT2D eigenvalue weighted by Crippen LogP contribution is 2.22. The molecule has 37 heavy (non-hydrogen) atoms. The van der Waals surface area contributed by atoms with Crippen LogP contribution in [0.3, 0.4) is 0 Å². The van der Waals surface area contributed by atoms with Gasteiger partial charge in [-0.2, -0.15) is 5.48 Å². The van der Waals surface area contributed by atoms with Gasteiger partial charge in [0, 0.05) is 22.0 Å². The van der Waals surface area contributed by atoms with Crippen molar-refractivity contribution in [1.82, 2.24) is 10.8 Å². The second kappa shape index (κ2) is 28.0. The van der Waals surface area contributed by atoms with Crippen LogP contribution >= 0.6 is 8.25 Å². The first-order valence-electron chi connectivity index (χ1n) is 15.3. The van der Waals surface area contributed by atoms with Crippen molar-refractivity contribution in [2.45, 2.75) is 168 Å². The second-order valence-corrected chi connectivity index (χ2v) is 11.4. The molecular formula is C29H58N2O5P+. The van der Waals surface area contributed by atoms with Crippen molar-refractivity contribution in [3.8, 4) is 0 Å². The van der Waals surface area contributed by atoms with E-state index in [9.17, 15) is 14.2 Å². The summed E-state index contributed by atoms with van der Waals surface area (Å²) in [6, 6.07) is -0.277. The van der Waals surface area contributed by atoms with E-state index in [1.165, 1.54) is 96.3 Å². The fraction of sp³-hybridized carbons (Fsp3) is 0.931. The Hall–Kier alpha value is -1.04. The van der Waals surface area contributed by atoms with E-state index in [2.05, 4.69) is 24.6 Å². The Morgan fingerprint density at radius 2 is 1.00 bits per heavy atom. The number of hydroxylamine groups is 1. The molecule has 0 aromatic carbocycles. The van der Waals surface area contributed by atoms with Crippen molar-refractivity contribution in [2.24, 2.45) is 0 Å². The van der Waals surface area contributed by atoms with E-state index in [1.807, 2.05) is 0 Å². The van der Waals surface area contributed by atoms with E-state index in [0.29, 0.717) is 12.8 Å². The Balaban J connectivity index is 3.55. The molecule has 0 saturated heterocycles. The largest absolute Gasteiger partial charge is 0.722 e. The van der Waals surface area contributed by atoms with Crippen molar-refractivity contribution in [1.29, 1.82) is 0 Å². The molecule has 0 fully saturated rings. The monoisotopic (exact) mass is 545 g/mol. The molecule has 2 atom stereocenters. The maximum absolute atomic E-state index is 12.1. The van der Waals surface area contributed by atoms with Gasteiger partial charge in [0.15, 0.2) is 0 Å². The first-order chi connectivity index (χ1) is 18.0. The molecule has 0 spiro atoms. The molecule has 2 unspecified atom stereocenters. The zero-order valence-corrected chi connectivity index (χ0v) is 25.2. The Morgan fingerprint density at radius 3 is 1.43 bits per heavy atom. The number of hydrogen-bond donors (Lipinski definition) is 2. The van der Waals surface area contributed by atoms with E-state index in [4.69, 9.17) is 9.15 Å². The van der Waals surface area contributed by atoms with E-state index < -0.39 is 8.25 Å². The summed E-state index contributed by atoms with van der Waals surface area (Å²) in [5.74, 6) is -0.305. The highest BCUT2D eigenvalue weighted by molar-refractivity contribution is 7.33. The summed E-state index contributed by atoms with van der Waals surface area (Å²) in [5.41, 5.74) is 2.20. The molecule has 218 valence electrons. The van der Waals surface area contributed by atoms with Gasteiger partial charge >= 0.3 is 8.25 Å². The van der Waals surface area contributed by atoms with Crippen LogP contribution in [0.2, 0.25) is 0 Å². The minimum atomic E-state index is -2.46. The fourth-order valence-corrected chi connectivity index (χ4v) is 4.85. The third-order valence-corrected chi connectivity index (χ3v) is 7.19. The van der Waals surface area contributed by atoms with Crippen LogP contribution in [0.4, 0.5) is 0 Å². The molecule has 8 heteroatoms. The maximum Gasteiger partial charge on any atom is 0.722 e. The van der Waals surface area contributed by atoms with E-state index >= 15 is 0 Å². The predicted molar refractivity (Wildman–Crippen MR) is 153 cm³/mol. The third-order valence-electron chi connectivity index (χ3n) is 6.59. The minimum absolute atomic E-state index is 0.0163. The smallest absolute Gasteiger partial charge is 0.351 e. The highest BCUT2D eigenvalue weighted by Gasteiger charge is 2.24. The van der Waals surface area contributed by atoms with Gasteiger partial charge in [0.2, 0.25) is 11.8 Å². The molecule has 0 aromatic rings. The average Bonchev–Trinajstić information content (AvgIpc) is 2.88. The lowest BCUT2D eigenvalue weighted by molar-refractivity contribution is -0.128. The van der Waals surface area contributed by atoms with Gasteiger partial charge in [0.1, 0.15) is 6.61 Å². The van der Waals surface area contributed by atoms with Crippen LogP contribution in [0.25, 0.3) is 0 Å². The summed E-state index contributed by atoms with van der Waals surface area (Å²) in [5, 5.41) is 2.86. The molecule has 0 aromatic heterocycles. The third kappa shape index (κ3) is 27.8. The molecule has 2 amide bonds. The number of carbonyl (C=O) groups excluding carboxylic acids is 2. The van der Waals surface area contributed by atoms with Gasteiger partial charge in [-0.15, -0.1) is 4.52 Å². The molecule has 0 aliphatic carbocycles. The average molecular weight is 546 g/mol. The molecule has 2 N–H and O–H groups in total. The number of rotatable bonds is 28. The molecule has 7 nitrogen and oxygen atoms in total. The lowest BCUT2D eigenvalue weighted by Crippen LogP contribution is -2.35. The van der Waals surface area contributed by atoms with Crippen molar-refractivity contribution in [3.63, 3.8) is 0 Å². The SMILES string of the molecule is CCCCCCCCCCCCCC(=O)NC(C)CO[P+](=O)ONC(=O)CCCCCCCCCCC. The van der Waals surface area contributed by atoms with Crippen LogP contribution in [0.1, 0.15) is 162 Å². The summed E-state index contributed by atoms with van der Waals surface area (Å²) in [6.45, 7) is 6.32. The molecule has 0 aliphatic rings. The summed E-state index contributed by atoms with van der Waals surface area (Å²) < 4.78 is 21.8. The van der Waals surface area contributed by atoms with Gasteiger partial charge in [-0.1, -0.05) is 129 Å². The maximum atomic E-state index is 12.1. The summed E-state index contributed by atoms with van der Waals surface area (Å²) in [6.07, 6.45) is 25.3. The topological polar surface area (TPSA) is 93.7 Å². The summed E-state index contributed by atoms with van der Waals surface area (Å²) in [7, 11) is -2.46. The first kappa shape index (κ1) is 36.0. The number of amides is 2. The molecule has 0 aliphatic heterocycles. The molecule has 0 heterocycles. The zero-order chi connectivity index (χ0) is 27.4. The summed E-state index contributed by atoms with van der Waals surface area (Å²) in [4.78, 5) is 23.9. The quantitative estimate of drug-likeness (QED) is 0.0582. The van der Waals surface area contributed by atoms with Gasteiger partial charge in [-0.3, -0.25) is 9.59 Å². The van der Waals surface area contributed by atoms with Crippen LogP contribution in [-0.2, 0) is 23.3 Å². The standard InChI is InChI=1S/C29H57N2O5P/c1-4-6-8-10-12-14-15-17-18-20-22-24-28(32)30-27(3)26-35-37(34)36-31-29(33)25-23-21-19-16-13-11-9-7-5-2/h27H,4-26H2,1-3H3,(H-,30,31,32,33)/p+1.